The van der Waals surface area contributed by atoms with Crippen LogP contribution in [0, 0.1) is 16.0 Å². The van der Waals surface area contributed by atoms with Crippen LogP contribution in [0.5, 0.6) is 0 Å². The van der Waals surface area contributed by atoms with Gasteiger partial charge < -0.3 is 9.73 Å². The molecule has 0 fully saturated rings. The van der Waals surface area contributed by atoms with Gasteiger partial charge in [-0.15, -0.1) is 10.2 Å². The SMILES string of the molecule is CC(C)CC[C@@H](C)NC(=O)CSc1nnc(-c2cccc([N+](=O)[O-])c2)o1. The summed E-state index contributed by atoms with van der Waals surface area (Å²) in [5.41, 5.74) is 0.412. The number of hydrogen-bond acceptors (Lipinski definition) is 7. The Bertz CT molecular complexity index is 763. The van der Waals surface area contributed by atoms with Crippen LogP contribution in [-0.2, 0) is 4.79 Å². The van der Waals surface area contributed by atoms with Gasteiger partial charge in [-0.25, -0.2) is 0 Å². The first-order valence-corrected chi connectivity index (χ1v) is 9.34. The molecule has 8 nitrogen and oxygen atoms in total. The zero-order valence-electron chi connectivity index (χ0n) is 15.0. The minimum Gasteiger partial charge on any atom is -0.411 e. The highest BCUT2D eigenvalue weighted by atomic mass is 32.2. The van der Waals surface area contributed by atoms with E-state index < -0.39 is 4.92 Å². The lowest BCUT2D eigenvalue weighted by molar-refractivity contribution is -0.384. The number of aromatic nitrogens is 2. The number of nitrogens with zero attached hydrogens (tertiary/aromatic N) is 3. The van der Waals surface area contributed by atoms with Gasteiger partial charge in [0.2, 0.25) is 11.8 Å². The predicted molar refractivity (Wildman–Crippen MR) is 98.8 cm³/mol. The molecule has 0 saturated carbocycles. The largest absolute Gasteiger partial charge is 0.411 e. The summed E-state index contributed by atoms with van der Waals surface area (Å²) in [5.74, 6) is 0.861. The number of thioether (sulfide) groups is 1. The Hall–Kier alpha value is -2.42. The Morgan fingerprint density at radius 3 is 2.77 bits per heavy atom. The van der Waals surface area contributed by atoms with Crippen LogP contribution in [0.15, 0.2) is 33.9 Å². The Labute approximate surface area is 155 Å². The minimum absolute atomic E-state index is 0.0512. The van der Waals surface area contributed by atoms with Gasteiger partial charge in [0, 0.05) is 23.7 Å². The van der Waals surface area contributed by atoms with Crippen molar-refractivity contribution in [3.63, 3.8) is 0 Å². The van der Waals surface area contributed by atoms with Crippen LogP contribution in [0.3, 0.4) is 0 Å². The molecular weight excluding hydrogens is 356 g/mol. The standard InChI is InChI=1S/C17H22N4O4S/c1-11(2)7-8-12(3)18-15(22)10-26-17-20-19-16(25-17)13-5-4-6-14(9-13)21(23)24/h4-6,9,11-12H,7-8,10H2,1-3H3,(H,18,22)/t12-/m1/s1. The highest BCUT2D eigenvalue weighted by Crippen LogP contribution is 2.25. The van der Waals surface area contributed by atoms with Gasteiger partial charge in [0.05, 0.1) is 10.7 Å². The summed E-state index contributed by atoms with van der Waals surface area (Å²) in [7, 11) is 0. The molecule has 1 heterocycles. The topological polar surface area (TPSA) is 111 Å². The zero-order chi connectivity index (χ0) is 19.1. The lowest BCUT2D eigenvalue weighted by Gasteiger charge is -2.14. The number of carbonyl (C=O) groups is 1. The van der Waals surface area contributed by atoms with Gasteiger partial charge >= 0.3 is 0 Å². The molecule has 1 aromatic carbocycles. The normalized spacial score (nSPS) is 12.2. The van der Waals surface area contributed by atoms with Crippen molar-refractivity contribution in [2.45, 2.75) is 44.9 Å². The highest BCUT2D eigenvalue weighted by Gasteiger charge is 2.15. The number of benzene rings is 1. The number of hydrogen-bond donors (Lipinski definition) is 1. The summed E-state index contributed by atoms with van der Waals surface area (Å²) in [4.78, 5) is 22.3. The van der Waals surface area contributed by atoms with Gasteiger partial charge in [-0.05, 0) is 31.7 Å². The Kier molecular flexibility index (Phi) is 7.14. The smallest absolute Gasteiger partial charge is 0.277 e. The molecule has 0 bridgehead atoms. The molecule has 0 spiro atoms. The average Bonchev–Trinajstić information content (AvgIpc) is 3.07. The van der Waals surface area contributed by atoms with E-state index in [-0.39, 0.29) is 34.5 Å². The van der Waals surface area contributed by atoms with Crippen LogP contribution in [-0.4, -0.2) is 32.8 Å². The van der Waals surface area contributed by atoms with Crippen molar-refractivity contribution in [3.8, 4) is 11.5 Å². The monoisotopic (exact) mass is 378 g/mol. The van der Waals surface area contributed by atoms with Crippen LogP contribution < -0.4 is 5.32 Å². The maximum absolute atomic E-state index is 12.0. The van der Waals surface area contributed by atoms with Crippen LogP contribution in [0.2, 0.25) is 0 Å². The summed E-state index contributed by atoms with van der Waals surface area (Å²) in [5, 5.41) is 21.8. The summed E-state index contributed by atoms with van der Waals surface area (Å²) < 4.78 is 5.48. The molecule has 1 atom stereocenters. The summed E-state index contributed by atoms with van der Waals surface area (Å²) in [6.07, 6.45) is 2.00. The Balaban J connectivity index is 1.87. The van der Waals surface area contributed by atoms with E-state index in [0.29, 0.717) is 11.5 Å². The van der Waals surface area contributed by atoms with E-state index in [4.69, 9.17) is 4.42 Å². The van der Waals surface area contributed by atoms with E-state index in [0.717, 1.165) is 24.6 Å². The van der Waals surface area contributed by atoms with Gasteiger partial charge in [0.1, 0.15) is 0 Å². The molecule has 0 unspecified atom stereocenters. The van der Waals surface area contributed by atoms with E-state index >= 15 is 0 Å². The number of amides is 1. The number of rotatable bonds is 9. The predicted octanol–water partition coefficient (Wildman–Crippen LogP) is 3.68. The molecule has 140 valence electrons. The van der Waals surface area contributed by atoms with Crippen molar-refractivity contribution < 1.29 is 14.1 Å². The molecule has 1 amide bonds. The van der Waals surface area contributed by atoms with Gasteiger partial charge in [-0.2, -0.15) is 0 Å². The first-order valence-electron chi connectivity index (χ1n) is 8.35. The average molecular weight is 378 g/mol. The number of nitrogens with one attached hydrogen (secondary N) is 1. The summed E-state index contributed by atoms with van der Waals surface area (Å²) >= 11 is 1.13. The second-order valence-corrected chi connectivity index (χ2v) is 7.34. The van der Waals surface area contributed by atoms with Crippen molar-refractivity contribution in [2.75, 3.05) is 5.75 Å². The molecule has 0 saturated heterocycles. The molecule has 0 aliphatic carbocycles. The van der Waals surface area contributed by atoms with Crippen LogP contribution in [0.25, 0.3) is 11.5 Å². The van der Waals surface area contributed by atoms with E-state index in [1.54, 1.807) is 12.1 Å². The molecular formula is C17H22N4O4S. The van der Waals surface area contributed by atoms with Gasteiger partial charge in [0.15, 0.2) is 0 Å². The van der Waals surface area contributed by atoms with Crippen molar-refractivity contribution >= 4 is 23.4 Å². The Morgan fingerprint density at radius 2 is 2.08 bits per heavy atom. The molecule has 1 aromatic heterocycles. The fourth-order valence-electron chi connectivity index (χ4n) is 2.24. The first-order chi connectivity index (χ1) is 12.3. The molecule has 2 rings (SSSR count). The fourth-order valence-corrected chi connectivity index (χ4v) is 2.81. The molecule has 1 N–H and O–H groups in total. The molecule has 26 heavy (non-hydrogen) atoms. The van der Waals surface area contributed by atoms with Crippen molar-refractivity contribution in [2.24, 2.45) is 5.92 Å². The molecule has 2 aromatic rings. The molecule has 0 aliphatic rings. The lowest BCUT2D eigenvalue weighted by atomic mass is 10.0. The van der Waals surface area contributed by atoms with E-state index in [1.165, 1.54) is 12.1 Å². The Morgan fingerprint density at radius 1 is 1.31 bits per heavy atom. The highest BCUT2D eigenvalue weighted by molar-refractivity contribution is 7.99. The zero-order valence-corrected chi connectivity index (χ0v) is 15.8. The van der Waals surface area contributed by atoms with Crippen molar-refractivity contribution in [1.82, 2.24) is 15.5 Å². The summed E-state index contributed by atoms with van der Waals surface area (Å²) in [6, 6.07) is 6.08. The van der Waals surface area contributed by atoms with Crippen LogP contribution >= 0.6 is 11.8 Å². The van der Waals surface area contributed by atoms with Crippen molar-refractivity contribution in [1.29, 1.82) is 0 Å². The fraction of sp³-hybridized carbons (Fsp3) is 0.471. The molecule has 0 radical (unpaired) electrons. The number of non-ortho nitro benzene ring substituents is 1. The molecule has 0 aliphatic heterocycles. The maximum Gasteiger partial charge on any atom is 0.277 e. The van der Waals surface area contributed by atoms with Gasteiger partial charge in [-0.3, -0.25) is 14.9 Å². The van der Waals surface area contributed by atoms with E-state index in [9.17, 15) is 14.9 Å². The van der Waals surface area contributed by atoms with Gasteiger partial charge in [-0.1, -0.05) is 31.7 Å². The van der Waals surface area contributed by atoms with E-state index in [2.05, 4.69) is 29.4 Å². The maximum atomic E-state index is 12.0. The third-order valence-corrected chi connectivity index (χ3v) is 4.44. The van der Waals surface area contributed by atoms with Crippen LogP contribution in [0.1, 0.15) is 33.6 Å². The minimum atomic E-state index is -0.486. The number of carbonyl (C=O) groups excluding carboxylic acids is 1. The number of nitro benzene ring substituents is 1. The van der Waals surface area contributed by atoms with Crippen LogP contribution in [0.4, 0.5) is 5.69 Å². The second kappa shape index (κ2) is 9.33. The first kappa shape index (κ1) is 19.9. The number of nitro groups is 1. The quantitative estimate of drug-likeness (QED) is 0.402. The second-order valence-electron chi connectivity index (χ2n) is 6.41. The lowest BCUT2D eigenvalue weighted by Crippen LogP contribution is -2.34. The van der Waals surface area contributed by atoms with E-state index in [1.807, 2.05) is 6.92 Å². The third kappa shape index (κ3) is 6.14. The van der Waals surface area contributed by atoms with Crippen molar-refractivity contribution in [3.05, 3.63) is 34.4 Å². The summed E-state index contributed by atoms with van der Waals surface area (Å²) in [6.45, 7) is 6.29. The molecule has 9 heteroatoms. The third-order valence-electron chi connectivity index (χ3n) is 3.62. The van der Waals surface area contributed by atoms with Gasteiger partial charge in [0.25, 0.3) is 10.9 Å².